The van der Waals surface area contributed by atoms with E-state index in [9.17, 15) is 9.59 Å². The van der Waals surface area contributed by atoms with Crippen LogP contribution < -0.4 is 16.4 Å². The highest BCUT2D eigenvalue weighted by atomic mass is 16.2. The van der Waals surface area contributed by atoms with Gasteiger partial charge < -0.3 is 11.1 Å². The molecule has 0 radical (unpaired) electrons. The van der Waals surface area contributed by atoms with E-state index in [4.69, 9.17) is 5.73 Å². The number of anilines is 1. The molecule has 0 aliphatic carbocycles. The Morgan fingerprint density at radius 1 is 1.29 bits per heavy atom. The number of amides is 3. The quantitative estimate of drug-likeness (QED) is 0.737. The normalized spacial score (nSPS) is 10.1. The van der Waals surface area contributed by atoms with Gasteiger partial charge in [0, 0.05) is 5.69 Å². The second-order valence-electron chi connectivity index (χ2n) is 4.01. The van der Waals surface area contributed by atoms with Crippen LogP contribution in [0.4, 0.5) is 10.5 Å². The fourth-order valence-electron chi connectivity index (χ4n) is 1.52. The number of carbonyl (C=O) groups is 2. The van der Waals surface area contributed by atoms with Crippen molar-refractivity contribution in [2.75, 3.05) is 11.9 Å². The lowest BCUT2D eigenvalue weighted by Crippen LogP contribution is -2.38. The van der Waals surface area contributed by atoms with E-state index in [0.717, 1.165) is 11.3 Å². The minimum absolute atomic E-state index is 0.0205. The molecule has 0 spiro atoms. The van der Waals surface area contributed by atoms with Crippen molar-refractivity contribution in [3.63, 3.8) is 0 Å². The van der Waals surface area contributed by atoms with Crippen molar-refractivity contribution in [1.82, 2.24) is 5.32 Å². The summed E-state index contributed by atoms with van der Waals surface area (Å²) >= 11 is 0. The largest absolute Gasteiger partial charge is 0.376 e. The van der Waals surface area contributed by atoms with Gasteiger partial charge in [0.05, 0.1) is 6.54 Å². The molecule has 5 nitrogen and oxygen atoms in total. The number of primary amides is 1. The highest BCUT2D eigenvalue weighted by molar-refractivity contribution is 5.95. The number of imide groups is 1. The van der Waals surface area contributed by atoms with Gasteiger partial charge in [-0.2, -0.15) is 0 Å². The molecule has 17 heavy (non-hydrogen) atoms. The minimum Gasteiger partial charge on any atom is -0.376 e. The van der Waals surface area contributed by atoms with Crippen molar-refractivity contribution in [3.05, 3.63) is 29.8 Å². The highest BCUT2D eigenvalue weighted by Gasteiger charge is 2.08. The first-order valence-corrected chi connectivity index (χ1v) is 5.42. The molecule has 0 aromatic heterocycles. The van der Waals surface area contributed by atoms with Crippen LogP contribution in [0, 0.1) is 0 Å². The Hall–Kier alpha value is -2.04. The first kappa shape index (κ1) is 13.0. The third-order valence-corrected chi connectivity index (χ3v) is 2.28. The third-order valence-electron chi connectivity index (χ3n) is 2.28. The maximum atomic E-state index is 11.2. The summed E-state index contributed by atoms with van der Waals surface area (Å²) < 4.78 is 0. The lowest BCUT2D eigenvalue weighted by atomic mass is 10.0. The van der Waals surface area contributed by atoms with Crippen molar-refractivity contribution < 1.29 is 9.59 Å². The molecule has 0 atom stereocenters. The monoisotopic (exact) mass is 235 g/mol. The molecular weight excluding hydrogens is 218 g/mol. The lowest BCUT2D eigenvalue weighted by molar-refractivity contribution is -0.118. The molecule has 3 amide bonds. The summed E-state index contributed by atoms with van der Waals surface area (Å²) in [5, 5.41) is 4.98. The Bertz CT molecular complexity index is 416. The first-order chi connectivity index (χ1) is 8.00. The van der Waals surface area contributed by atoms with E-state index in [1.54, 1.807) is 0 Å². The van der Waals surface area contributed by atoms with Gasteiger partial charge in [-0.1, -0.05) is 32.0 Å². The van der Waals surface area contributed by atoms with E-state index in [2.05, 4.69) is 19.2 Å². The van der Waals surface area contributed by atoms with E-state index in [0.29, 0.717) is 5.92 Å². The Morgan fingerprint density at radius 3 is 2.53 bits per heavy atom. The van der Waals surface area contributed by atoms with Gasteiger partial charge in [-0.15, -0.1) is 0 Å². The first-order valence-electron chi connectivity index (χ1n) is 5.42. The van der Waals surface area contributed by atoms with Gasteiger partial charge >= 0.3 is 6.03 Å². The van der Waals surface area contributed by atoms with Gasteiger partial charge in [0.25, 0.3) is 0 Å². The van der Waals surface area contributed by atoms with E-state index in [1.165, 1.54) is 0 Å². The maximum absolute atomic E-state index is 11.2. The number of hydrogen-bond acceptors (Lipinski definition) is 3. The molecule has 1 aromatic carbocycles. The second-order valence-corrected chi connectivity index (χ2v) is 4.01. The van der Waals surface area contributed by atoms with Crippen LogP contribution in [0.2, 0.25) is 0 Å². The maximum Gasteiger partial charge on any atom is 0.318 e. The zero-order valence-electron chi connectivity index (χ0n) is 9.99. The summed E-state index contributed by atoms with van der Waals surface area (Å²) in [5.41, 5.74) is 6.86. The molecular formula is C12H17N3O2. The number of hydrogen-bond donors (Lipinski definition) is 3. The Morgan fingerprint density at radius 2 is 1.94 bits per heavy atom. The number of para-hydroxylation sites is 1. The summed E-state index contributed by atoms with van der Waals surface area (Å²) in [4.78, 5) is 21.7. The van der Waals surface area contributed by atoms with E-state index in [1.807, 2.05) is 29.6 Å². The van der Waals surface area contributed by atoms with Crippen LogP contribution in [-0.4, -0.2) is 18.5 Å². The molecule has 5 heteroatoms. The molecule has 0 aliphatic rings. The van der Waals surface area contributed by atoms with Gasteiger partial charge in [-0.25, -0.2) is 4.79 Å². The highest BCUT2D eigenvalue weighted by Crippen LogP contribution is 2.23. The lowest BCUT2D eigenvalue weighted by Gasteiger charge is -2.13. The van der Waals surface area contributed by atoms with E-state index < -0.39 is 11.9 Å². The molecule has 0 bridgehead atoms. The summed E-state index contributed by atoms with van der Waals surface area (Å²) in [6.45, 7) is 4.17. The standard InChI is InChI=1S/C12H17N3O2/c1-8(2)9-5-3-4-6-10(9)14-7-11(16)15-12(13)17/h3-6,8,14H,7H2,1-2H3,(H3,13,15,16,17). The van der Waals surface area contributed by atoms with E-state index in [-0.39, 0.29) is 6.54 Å². The Labute approximate surface area is 100 Å². The summed E-state index contributed by atoms with van der Waals surface area (Å²) in [7, 11) is 0. The van der Waals surface area contributed by atoms with Gasteiger partial charge in [0.2, 0.25) is 5.91 Å². The van der Waals surface area contributed by atoms with Crippen molar-refractivity contribution >= 4 is 17.6 Å². The van der Waals surface area contributed by atoms with Crippen LogP contribution in [0.3, 0.4) is 0 Å². The third kappa shape index (κ3) is 4.14. The number of rotatable bonds is 4. The average Bonchev–Trinajstić information content (AvgIpc) is 2.25. The van der Waals surface area contributed by atoms with Crippen LogP contribution >= 0.6 is 0 Å². The van der Waals surface area contributed by atoms with Crippen molar-refractivity contribution in [2.45, 2.75) is 19.8 Å². The molecule has 0 saturated carbocycles. The predicted molar refractivity (Wildman–Crippen MR) is 66.7 cm³/mol. The molecule has 0 aliphatic heterocycles. The number of benzene rings is 1. The SMILES string of the molecule is CC(C)c1ccccc1NCC(=O)NC(N)=O. The predicted octanol–water partition coefficient (Wildman–Crippen LogP) is 1.42. The zero-order chi connectivity index (χ0) is 12.8. The summed E-state index contributed by atoms with van der Waals surface area (Å²) in [5.74, 6) is -0.0889. The molecule has 0 fully saturated rings. The van der Waals surface area contributed by atoms with Crippen LogP contribution in [0.5, 0.6) is 0 Å². The molecule has 1 aromatic rings. The van der Waals surface area contributed by atoms with Gasteiger partial charge in [0.15, 0.2) is 0 Å². The van der Waals surface area contributed by atoms with Gasteiger partial charge in [-0.3, -0.25) is 10.1 Å². The van der Waals surface area contributed by atoms with Crippen LogP contribution in [0.25, 0.3) is 0 Å². The summed E-state index contributed by atoms with van der Waals surface area (Å²) in [6.07, 6.45) is 0. The minimum atomic E-state index is -0.839. The zero-order valence-corrected chi connectivity index (χ0v) is 9.99. The number of carbonyl (C=O) groups excluding carboxylic acids is 2. The van der Waals surface area contributed by atoms with Crippen molar-refractivity contribution in [1.29, 1.82) is 0 Å². The van der Waals surface area contributed by atoms with Crippen molar-refractivity contribution in [3.8, 4) is 0 Å². The van der Waals surface area contributed by atoms with Gasteiger partial charge in [-0.05, 0) is 17.5 Å². The van der Waals surface area contributed by atoms with E-state index >= 15 is 0 Å². The smallest absolute Gasteiger partial charge is 0.318 e. The van der Waals surface area contributed by atoms with Crippen LogP contribution in [-0.2, 0) is 4.79 Å². The van der Waals surface area contributed by atoms with Gasteiger partial charge in [0.1, 0.15) is 0 Å². The number of nitrogens with one attached hydrogen (secondary N) is 2. The molecule has 92 valence electrons. The topological polar surface area (TPSA) is 84.2 Å². The number of urea groups is 1. The Kier molecular flexibility index (Phi) is 4.51. The fourth-order valence-corrected chi connectivity index (χ4v) is 1.52. The molecule has 0 unspecified atom stereocenters. The Balaban J connectivity index is 2.63. The fraction of sp³-hybridized carbons (Fsp3) is 0.333. The molecule has 0 heterocycles. The van der Waals surface area contributed by atoms with Crippen LogP contribution in [0.1, 0.15) is 25.3 Å². The second kappa shape index (κ2) is 5.89. The van der Waals surface area contributed by atoms with Crippen LogP contribution in [0.15, 0.2) is 24.3 Å². The molecule has 0 saturated heterocycles. The van der Waals surface area contributed by atoms with Crippen molar-refractivity contribution in [2.24, 2.45) is 5.73 Å². The summed E-state index contributed by atoms with van der Waals surface area (Å²) in [6, 6.07) is 6.89. The average molecular weight is 235 g/mol. The molecule has 4 N–H and O–H groups in total. The number of nitrogens with two attached hydrogens (primary N) is 1. The molecule has 1 rings (SSSR count).